The third-order valence-electron chi connectivity index (χ3n) is 4.03. The second-order valence-electron chi connectivity index (χ2n) is 5.74. The van der Waals surface area contributed by atoms with Gasteiger partial charge >= 0.3 is 0 Å². The zero-order valence-electron chi connectivity index (χ0n) is 12.6. The number of carbonyl (C=O) groups is 1. The van der Waals surface area contributed by atoms with Gasteiger partial charge in [0.05, 0.1) is 18.1 Å². The van der Waals surface area contributed by atoms with E-state index in [1.165, 1.54) is 16.9 Å². The van der Waals surface area contributed by atoms with Crippen molar-refractivity contribution in [2.45, 2.75) is 31.7 Å². The van der Waals surface area contributed by atoms with Crippen molar-refractivity contribution in [1.82, 2.24) is 9.78 Å². The average molecular weight is 339 g/mol. The summed E-state index contributed by atoms with van der Waals surface area (Å²) in [4.78, 5) is 12.2. The Morgan fingerprint density at radius 3 is 2.87 bits per heavy atom. The smallest absolute Gasteiger partial charge is 0.227 e. The molecule has 1 aromatic carbocycles. The third-order valence-corrected chi connectivity index (χ3v) is 4.03. The van der Waals surface area contributed by atoms with Crippen molar-refractivity contribution in [3.05, 3.63) is 42.5 Å². The number of nitrogens with two attached hydrogens (primary N) is 1. The monoisotopic (exact) mass is 338 g/mol. The molecule has 1 saturated carbocycles. The lowest BCUT2D eigenvalue weighted by atomic mass is 9.85. The fraction of sp³-hybridized carbons (Fsp3) is 0.375. The summed E-state index contributed by atoms with van der Waals surface area (Å²) in [5.74, 6) is -0.453. The summed E-state index contributed by atoms with van der Waals surface area (Å²) in [6.45, 7) is 0. The summed E-state index contributed by atoms with van der Waals surface area (Å²) < 4.78 is 15.1. The van der Waals surface area contributed by atoms with Crippen LogP contribution in [0, 0.1) is 11.7 Å². The van der Waals surface area contributed by atoms with Crippen molar-refractivity contribution in [3.63, 3.8) is 0 Å². The molecule has 0 aliphatic heterocycles. The standard InChI is InChI=1S/C16H19FN4O.ClH/c17-14-6-1-2-7-15(14)21-10-13(9-19-21)20-16(22)11-4-3-5-12(18)8-11;/h1-2,6-7,9-12H,3-5,8,18H2,(H,20,22);1H. The van der Waals surface area contributed by atoms with Crippen LogP contribution in [0.4, 0.5) is 10.1 Å². The van der Waals surface area contributed by atoms with E-state index in [1.807, 2.05) is 0 Å². The van der Waals surface area contributed by atoms with Crippen molar-refractivity contribution < 1.29 is 9.18 Å². The SMILES string of the molecule is Cl.NC1CCCC(C(=O)Nc2cnn(-c3ccccc3F)c2)C1. The maximum absolute atomic E-state index is 13.7. The van der Waals surface area contributed by atoms with E-state index < -0.39 is 0 Å². The number of amides is 1. The number of benzene rings is 1. The molecule has 0 bridgehead atoms. The number of nitrogens with zero attached hydrogens (tertiary/aromatic N) is 2. The van der Waals surface area contributed by atoms with E-state index in [9.17, 15) is 9.18 Å². The van der Waals surface area contributed by atoms with Gasteiger partial charge in [0.2, 0.25) is 5.91 Å². The minimum atomic E-state index is -0.360. The number of para-hydroxylation sites is 1. The predicted octanol–water partition coefficient (Wildman–Crippen LogP) is 2.89. The first-order chi connectivity index (χ1) is 10.6. The summed E-state index contributed by atoms with van der Waals surface area (Å²) in [6, 6.07) is 6.47. The van der Waals surface area contributed by atoms with E-state index in [0.29, 0.717) is 17.8 Å². The van der Waals surface area contributed by atoms with Crippen LogP contribution in [0.5, 0.6) is 0 Å². The van der Waals surface area contributed by atoms with E-state index in [0.717, 1.165) is 19.3 Å². The lowest BCUT2D eigenvalue weighted by molar-refractivity contribution is -0.120. The first kappa shape index (κ1) is 17.4. The van der Waals surface area contributed by atoms with Crippen LogP contribution < -0.4 is 11.1 Å². The van der Waals surface area contributed by atoms with Crippen molar-refractivity contribution in [2.24, 2.45) is 11.7 Å². The molecule has 1 aliphatic carbocycles. The van der Waals surface area contributed by atoms with E-state index in [1.54, 1.807) is 24.4 Å². The summed E-state index contributed by atoms with van der Waals surface area (Å²) in [5.41, 5.74) is 6.83. The number of nitrogens with one attached hydrogen (secondary N) is 1. The fourth-order valence-electron chi connectivity index (χ4n) is 2.87. The molecular weight excluding hydrogens is 319 g/mol. The fourth-order valence-corrected chi connectivity index (χ4v) is 2.87. The molecule has 1 amide bonds. The zero-order chi connectivity index (χ0) is 15.5. The highest BCUT2D eigenvalue weighted by Gasteiger charge is 2.25. The number of hydrogen-bond acceptors (Lipinski definition) is 3. The van der Waals surface area contributed by atoms with Crippen molar-refractivity contribution >= 4 is 24.0 Å². The first-order valence-corrected chi connectivity index (χ1v) is 7.49. The zero-order valence-corrected chi connectivity index (χ0v) is 13.4. The van der Waals surface area contributed by atoms with Crippen LogP contribution in [0.3, 0.4) is 0 Å². The van der Waals surface area contributed by atoms with E-state index in [4.69, 9.17) is 5.73 Å². The molecule has 0 saturated heterocycles. The molecule has 1 heterocycles. The molecular formula is C16H20ClFN4O. The van der Waals surface area contributed by atoms with Gasteiger partial charge in [-0.15, -0.1) is 12.4 Å². The first-order valence-electron chi connectivity index (χ1n) is 7.49. The molecule has 3 N–H and O–H groups in total. The van der Waals surface area contributed by atoms with Crippen LogP contribution in [-0.4, -0.2) is 21.7 Å². The molecule has 23 heavy (non-hydrogen) atoms. The summed E-state index contributed by atoms with van der Waals surface area (Å²) >= 11 is 0. The lowest BCUT2D eigenvalue weighted by Crippen LogP contribution is -2.34. The van der Waals surface area contributed by atoms with Crippen molar-refractivity contribution in [3.8, 4) is 5.69 Å². The molecule has 2 unspecified atom stereocenters. The third kappa shape index (κ3) is 4.09. The second-order valence-corrected chi connectivity index (χ2v) is 5.74. The molecule has 3 rings (SSSR count). The maximum Gasteiger partial charge on any atom is 0.227 e. The number of anilines is 1. The largest absolute Gasteiger partial charge is 0.328 e. The Morgan fingerprint density at radius 1 is 1.35 bits per heavy atom. The molecule has 1 aromatic heterocycles. The highest BCUT2D eigenvalue weighted by molar-refractivity contribution is 5.92. The van der Waals surface area contributed by atoms with Gasteiger partial charge in [0, 0.05) is 12.0 Å². The maximum atomic E-state index is 13.7. The van der Waals surface area contributed by atoms with Gasteiger partial charge < -0.3 is 11.1 Å². The molecule has 2 atom stereocenters. The van der Waals surface area contributed by atoms with Crippen LogP contribution in [0.2, 0.25) is 0 Å². The highest BCUT2D eigenvalue weighted by atomic mass is 35.5. The van der Waals surface area contributed by atoms with Crippen LogP contribution >= 0.6 is 12.4 Å². The number of aromatic nitrogens is 2. The minimum Gasteiger partial charge on any atom is -0.328 e. The Bertz CT molecular complexity index is 676. The van der Waals surface area contributed by atoms with Crippen LogP contribution in [0.25, 0.3) is 5.69 Å². The Morgan fingerprint density at radius 2 is 2.13 bits per heavy atom. The van der Waals surface area contributed by atoms with E-state index in [2.05, 4.69) is 10.4 Å². The Hall–Kier alpha value is -1.92. The summed E-state index contributed by atoms with van der Waals surface area (Å²) in [5, 5.41) is 6.94. The number of carbonyl (C=O) groups excluding carboxylic acids is 1. The van der Waals surface area contributed by atoms with Gasteiger partial charge in [0.15, 0.2) is 0 Å². The van der Waals surface area contributed by atoms with Gasteiger partial charge in [-0.1, -0.05) is 18.6 Å². The molecule has 5 nitrogen and oxygen atoms in total. The van der Waals surface area contributed by atoms with E-state index in [-0.39, 0.29) is 36.1 Å². The van der Waals surface area contributed by atoms with Gasteiger partial charge in [-0.2, -0.15) is 5.10 Å². The van der Waals surface area contributed by atoms with Gasteiger partial charge in [-0.3, -0.25) is 4.79 Å². The Labute approximate surface area is 140 Å². The molecule has 124 valence electrons. The van der Waals surface area contributed by atoms with E-state index >= 15 is 0 Å². The molecule has 2 aromatic rings. The second kappa shape index (κ2) is 7.57. The van der Waals surface area contributed by atoms with Crippen LogP contribution in [-0.2, 0) is 4.79 Å². The Balaban J connectivity index is 0.00000192. The Kier molecular flexibility index (Phi) is 5.74. The van der Waals surface area contributed by atoms with Gasteiger partial charge in [-0.25, -0.2) is 9.07 Å². The predicted molar refractivity (Wildman–Crippen MR) is 89.3 cm³/mol. The highest BCUT2D eigenvalue weighted by Crippen LogP contribution is 2.24. The topological polar surface area (TPSA) is 72.9 Å². The van der Waals surface area contributed by atoms with Gasteiger partial charge in [-0.05, 0) is 31.4 Å². The normalized spacial score (nSPS) is 20.6. The molecule has 7 heteroatoms. The average Bonchev–Trinajstić information content (AvgIpc) is 2.96. The van der Waals surface area contributed by atoms with Crippen LogP contribution in [0.15, 0.2) is 36.7 Å². The van der Waals surface area contributed by atoms with Crippen molar-refractivity contribution in [1.29, 1.82) is 0 Å². The van der Waals surface area contributed by atoms with Gasteiger partial charge in [0.1, 0.15) is 11.5 Å². The van der Waals surface area contributed by atoms with Gasteiger partial charge in [0.25, 0.3) is 0 Å². The number of halogens is 2. The molecule has 1 fully saturated rings. The number of hydrogen-bond donors (Lipinski definition) is 2. The van der Waals surface area contributed by atoms with Crippen molar-refractivity contribution in [2.75, 3.05) is 5.32 Å². The molecule has 0 spiro atoms. The molecule has 0 radical (unpaired) electrons. The van der Waals surface area contributed by atoms with Crippen LogP contribution in [0.1, 0.15) is 25.7 Å². The number of rotatable bonds is 3. The quantitative estimate of drug-likeness (QED) is 0.903. The molecule has 1 aliphatic rings. The summed E-state index contributed by atoms with van der Waals surface area (Å²) in [7, 11) is 0. The lowest BCUT2D eigenvalue weighted by Gasteiger charge is -2.25. The minimum absolute atomic E-state index is 0. The summed E-state index contributed by atoms with van der Waals surface area (Å²) in [6.07, 6.45) is 6.67.